The van der Waals surface area contributed by atoms with Crippen molar-refractivity contribution in [3.05, 3.63) is 99.1 Å². The van der Waals surface area contributed by atoms with E-state index >= 15 is 0 Å². The normalized spacial score (nSPS) is 15.1. The maximum atomic E-state index is 13.8. The lowest BCUT2D eigenvalue weighted by Crippen LogP contribution is -2.27. The second-order valence-corrected chi connectivity index (χ2v) is 8.95. The third kappa shape index (κ3) is 4.48. The van der Waals surface area contributed by atoms with Crippen LogP contribution in [-0.2, 0) is 11.4 Å². The summed E-state index contributed by atoms with van der Waals surface area (Å²) in [6.07, 6.45) is 1.80. The molecule has 7 heteroatoms. The van der Waals surface area contributed by atoms with Crippen LogP contribution < -0.4 is 9.64 Å². The first kappa shape index (κ1) is 20.8. The molecule has 1 fully saturated rings. The molecule has 1 amide bonds. The Hall–Kier alpha value is -2.48. The van der Waals surface area contributed by atoms with Gasteiger partial charge in [-0.2, -0.15) is 0 Å². The van der Waals surface area contributed by atoms with E-state index in [2.05, 4.69) is 15.9 Å². The minimum Gasteiger partial charge on any atom is -0.488 e. The van der Waals surface area contributed by atoms with E-state index in [0.717, 1.165) is 11.3 Å². The van der Waals surface area contributed by atoms with Crippen molar-refractivity contribution in [1.82, 2.24) is 0 Å². The van der Waals surface area contributed by atoms with Crippen LogP contribution in [0.5, 0.6) is 5.75 Å². The summed E-state index contributed by atoms with van der Waals surface area (Å²) in [6, 6.07) is 21.3. The summed E-state index contributed by atoms with van der Waals surface area (Å²) >= 11 is 10.2. The SMILES string of the molecule is O=C1/C(=C\c2ccc(OCc3ccccc3F)c(Br)c2)SC(=S)N1c1ccccc1. The molecule has 0 spiro atoms. The van der Waals surface area contributed by atoms with Gasteiger partial charge in [0.2, 0.25) is 0 Å². The van der Waals surface area contributed by atoms with Crippen molar-refractivity contribution in [2.45, 2.75) is 6.61 Å². The van der Waals surface area contributed by atoms with Gasteiger partial charge in [-0.25, -0.2) is 4.39 Å². The Morgan fingerprint density at radius 1 is 1.07 bits per heavy atom. The number of para-hydroxylation sites is 1. The summed E-state index contributed by atoms with van der Waals surface area (Å²) in [5.74, 6) is 0.144. The molecule has 150 valence electrons. The van der Waals surface area contributed by atoms with E-state index in [1.54, 1.807) is 30.3 Å². The number of amides is 1. The zero-order valence-corrected chi connectivity index (χ0v) is 18.8. The molecule has 0 aliphatic carbocycles. The predicted molar refractivity (Wildman–Crippen MR) is 127 cm³/mol. The number of rotatable bonds is 5. The van der Waals surface area contributed by atoms with E-state index in [4.69, 9.17) is 17.0 Å². The van der Waals surface area contributed by atoms with E-state index in [1.807, 2.05) is 42.5 Å². The molecule has 0 aromatic heterocycles. The van der Waals surface area contributed by atoms with E-state index in [0.29, 0.717) is 25.0 Å². The molecule has 3 nitrogen and oxygen atoms in total. The Labute approximate surface area is 191 Å². The highest BCUT2D eigenvalue weighted by Crippen LogP contribution is 2.36. The molecule has 1 saturated heterocycles. The third-order valence-corrected chi connectivity index (χ3v) is 6.32. The number of ether oxygens (including phenoxy) is 1. The van der Waals surface area contributed by atoms with Crippen LogP contribution in [0.25, 0.3) is 6.08 Å². The summed E-state index contributed by atoms with van der Waals surface area (Å²) in [4.78, 5) is 14.9. The van der Waals surface area contributed by atoms with E-state index in [-0.39, 0.29) is 18.3 Å². The number of nitrogens with zero attached hydrogens (tertiary/aromatic N) is 1. The van der Waals surface area contributed by atoms with Crippen LogP contribution in [0.2, 0.25) is 0 Å². The second-order valence-electron chi connectivity index (χ2n) is 6.42. The zero-order valence-electron chi connectivity index (χ0n) is 15.5. The summed E-state index contributed by atoms with van der Waals surface area (Å²) in [7, 11) is 0. The monoisotopic (exact) mass is 499 g/mol. The number of hydrogen-bond acceptors (Lipinski definition) is 4. The van der Waals surface area contributed by atoms with Gasteiger partial charge in [0.05, 0.1) is 15.1 Å². The molecule has 0 radical (unpaired) electrons. The van der Waals surface area contributed by atoms with Crippen molar-refractivity contribution in [1.29, 1.82) is 0 Å². The van der Waals surface area contributed by atoms with Crippen LogP contribution in [0.4, 0.5) is 10.1 Å². The fraction of sp³-hybridized carbons (Fsp3) is 0.0435. The summed E-state index contributed by atoms with van der Waals surface area (Å²) < 4.78 is 20.7. The Balaban J connectivity index is 1.50. The summed E-state index contributed by atoms with van der Waals surface area (Å²) in [5, 5.41) is 0. The van der Waals surface area contributed by atoms with Crippen molar-refractivity contribution in [3.63, 3.8) is 0 Å². The van der Waals surface area contributed by atoms with Gasteiger partial charge in [-0.05, 0) is 57.9 Å². The number of thiocarbonyl (C=S) groups is 1. The molecule has 3 aromatic rings. The number of carbonyl (C=O) groups is 1. The number of anilines is 1. The average molecular weight is 500 g/mol. The van der Waals surface area contributed by atoms with Gasteiger partial charge in [0, 0.05) is 5.56 Å². The molecule has 0 N–H and O–H groups in total. The van der Waals surface area contributed by atoms with Gasteiger partial charge < -0.3 is 4.74 Å². The lowest BCUT2D eigenvalue weighted by Gasteiger charge is -2.13. The van der Waals surface area contributed by atoms with Crippen LogP contribution in [0.15, 0.2) is 82.2 Å². The smallest absolute Gasteiger partial charge is 0.270 e. The van der Waals surface area contributed by atoms with Gasteiger partial charge >= 0.3 is 0 Å². The largest absolute Gasteiger partial charge is 0.488 e. The highest BCUT2D eigenvalue weighted by Gasteiger charge is 2.33. The number of halogens is 2. The van der Waals surface area contributed by atoms with E-state index in [1.165, 1.54) is 22.7 Å². The fourth-order valence-corrected chi connectivity index (χ4v) is 4.72. The lowest BCUT2D eigenvalue weighted by atomic mass is 10.2. The molecule has 30 heavy (non-hydrogen) atoms. The number of benzene rings is 3. The van der Waals surface area contributed by atoms with Crippen LogP contribution in [0, 0.1) is 5.82 Å². The molecular weight excluding hydrogens is 485 g/mol. The molecule has 0 atom stereocenters. The Morgan fingerprint density at radius 2 is 1.80 bits per heavy atom. The minimum atomic E-state index is -0.300. The van der Waals surface area contributed by atoms with Crippen molar-refractivity contribution >= 4 is 61.9 Å². The molecule has 0 bridgehead atoms. The molecule has 1 aliphatic heterocycles. The predicted octanol–water partition coefficient (Wildman–Crippen LogP) is 6.57. The summed E-state index contributed by atoms with van der Waals surface area (Å²) in [6.45, 7) is 0.125. The fourth-order valence-electron chi connectivity index (χ4n) is 2.91. The number of hydrogen-bond donors (Lipinski definition) is 0. The molecule has 1 aliphatic rings. The van der Waals surface area contributed by atoms with Gasteiger partial charge in [-0.15, -0.1) is 0 Å². The van der Waals surface area contributed by atoms with Crippen LogP contribution in [0.3, 0.4) is 0 Å². The first-order valence-electron chi connectivity index (χ1n) is 9.02. The third-order valence-electron chi connectivity index (χ3n) is 4.40. The first-order valence-corrected chi connectivity index (χ1v) is 11.0. The highest BCUT2D eigenvalue weighted by atomic mass is 79.9. The van der Waals surface area contributed by atoms with Crippen LogP contribution >= 0.6 is 39.9 Å². The number of thioether (sulfide) groups is 1. The zero-order chi connectivity index (χ0) is 21.1. The van der Waals surface area contributed by atoms with Crippen molar-refractivity contribution in [3.8, 4) is 5.75 Å². The van der Waals surface area contributed by atoms with Gasteiger partial charge in [0.1, 0.15) is 18.2 Å². The van der Waals surface area contributed by atoms with Gasteiger partial charge in [0.25, 0.3) is 5.91 Å². The standard InChI is InChI=1S/C23H15BrFNO2S2/c24-18-12-15(10-11-20(18)28-14-16-6-4-5-9-19(16)25)13-21-22(27)26(23(29)30-21)17-7-2-1-3-8-17/h1-13H,14H2/b21-13+. The Bertz CT molecular complexity index is 1150. The number of carbonyl (C=O) groups excluding carboxylic acids is 1. The minimum absolute atomic E-state index is 0.125. The molecule has 4 rings (SSSR count). The van der Waals surface area contributed by atoms with Crippen molar-refractivity contribution in [2.75, 3.05) is 4.90 Å². The first-order chi connectivity index (χ1) is 14.5. The molecule has 0 unspecified atom stereocenters. The molecular formula is C23H15BrFNO2S2. The van der Waals surface area contributed by atoms with Gasteiger partial charge in [-0.3, -0.25) is 9.69 Å². The van der Waals surface area contributed by atoms with Crippen molar-refractivity contribution < 1.29 is 13.9 Å². The second kappa shape index (κ2) is 9.12. The maximum Gasteiger partial charge on any atom is 0.270 e. The van der Waals surface area contributed by atoms with Crippen LogP contribution in [0.1, 0.15) is 11.1 Å². The molecule has 0 saturated carbocycles. The van der Waals surface area contributed by atoms with Crippen LogP contribution in [-0.4, -0.2) is 10.2 Å². The average Bonchev–Trinajstić information content (AvgIpc) is 3.02. The van der Waals surface area contributed by atoms with E-state index < -0.39 is 0 Å². The van der Waals surface area contributed by atoms with E-state index in [9.17, 15) is 9.18 Å². The molecule has 1 heterocycles. The molecule has 3 aromatic carbocycles. The topological polar surface area (TPSA) is 29.5 Å². The quantitative estimate of drug-likeness (QED) is 0.293. The van der Waals surface area contributed by atoms with Crippen molar-refractivity contribution in [2.24, 2.45) is 0 Å². The highest BCUT2D eigenvalue weighted by molar-refractivity contribution is 9.10. The Kier molecular flexibility index (Phi) is 6.32. The summed E-state index contributed by atoms with van der Waals surface area (Å²) in [5.41, 5.74) is 2.06. The Morgan fingerprint density at radius 3 is 2.53 bits per heavy atom. The maximum absolute atomic E-state index is 13.8. The van der Waals surface area contributed by atoms with Gasteiger partial charge in [-0.1, -0.05) is 66.4 Å². The van der Waals surface area contributed by atoms with Gasteiger partial charge in [0.15, 0.2) is 4.32 Å². The lowest BCUT2D eigenvalue weighted by molar-refractivity contribution is -0.113.